The van der Waals surface area contributed by atoms with E-state index in [1.807, 2.05) is 39.4 Å². The van der Waals surface area contributed by atoms with Crippen LogP contribution in [0.3, 0.4) is 0 Å². The van der Waals surface area contributed by atoms with Gasteiger partial charge in [-0.1, -0.05) is 242 Å². The average molecular weight is 1040 g/mol. The molecule has 73 heavy (non-hydrogen) atoms. The molecule has 1 amide bonds. The predicted octanol–water partition coefficient (Wildman–Crippen LogP) is 17.8. The van der Waals surface area contributed by atoms with E-state index in [1.54, 1.807) is 0 Å². The second-order valence-corrected chi connectivity index (χ2v) is 22.9. The van der Waals surface area contributed by atoms with Gasteiger partial charge in [-0.05, 0) is 83.1 Å². The lowest BCUT2D eigenvalue weighted by molar-refractivity contribution is -0.870. The van der Waals surface area contributed by atoms with Crippen LogP contribution in [0.4, 0.5) is 0 Å². The third-order valence-electron chi connectivity index (χ3n) is 13.2. The normalized spacial score (nSPS) is 14.2. The Morgan fingerprint density at radius 2 is 0.932 bits per heavy atom. The zero-order chi connectivity index (χ0) is 53.6. The van der Waals surface area contributed by atoms with Crippen molar-refractivity contribution in [3.05, 3.63) is 72.9 Å². The molecule has 9 nitrogen and oxygen atoms in total. The summed E-state index contributed by atoms with van der Waals surface area (Å²) in [5.41, 5.74) is 0. The molecule has 0 heterocycles. The van der Waals surface area contributed by atoms with E-state index in [1.165, 1.54) is 141 Å². The van der Waals surface area contributed by atoms with Gasteiger partial charge in [0.25, 0.3) is 7.82 Å². The van der Waals surface area contributed by atoms with Crippen molar-refractivity contribution in [1.82, 2.24) is 5.32 Å². The fourth-order valence-corrected chi connectivity index (χ4v) is 9.22. The number of hydrogen-bond acceptors (Lipinski definition) is 7. The van der Waals surface area contributed by atoms with Crippen molar-refractivity contribution in [2.24, 2.45) is 0 Å². The molecule has 0 aromatic rings. The largest absolute Gasteiger partial charge is 0.756 e. The topological polar surface area (TPSA) is 114 Å². The van der Waals surface area contributed by atoms with E-state index in [0.717, 1.165) is 83.5 Å². The van der Waals surface area contributed by atoms with Crippen LogP contribution in [0.15, 0.2) is 72.9 Å². The van der Waals surface area contributed by atoms with Gasteiger partial charge in [-0.15, -0.1) is 0 Å². The Labute approximate surface area is 451 Å². The molecule has 0 saturated carbocycles. The Hall–Kier alpha value is -2.55. The molecule has 0 aromatic heterocycles. The highest BCUT2D eigenvalue weighted by atomic mass is 31.2. The lowest BCUT2D eigenvalue weighted by Gasteiger charge is -2.30. The summed E-state index contributed by atoms with van der Waals surface area (Å²) in [5, 5.41) is 3.01. The number of hydrogen-bond donors (Lipinski definition) is 1. The second kappa shape index (κ2) is 52.9. The van der Waals surface area contributed by atoms with Crippen molar-refractivity contribution < 1.29 is 37.3 Å². The van der Waals surface area contributed by atoms with E-state index in [4.69, 9.17) is 13.8 Å². The molecule has 0 aliphatic carbocycles. The number of esters is 1. The number of phosphoric acid groups is 1. The Kier molecular flexibility index (Phi) is 51.0. The Balaban J connectivity index is 5.15. The lowest BCUT2D eigenvalue weighted by Crippen LogP contribution is -2.47. The maximum atomic E-state index is 13.5. The van der Waals surface area contributed by atoms with Gasteiger partial charge in [0.05, 0.1) is 33.8 Å². The molecule has 0 rings (SSSR count). The molecule has 0 saturated heterocycles. The van der Waals surface area contributed by atoms with Gasteiger partial charge in [-0.2, -0.15) is 0 Å². The monoisotopic (exact) mass is 1040 g/mol. The van der Waals surface area contributed by atoms with Gasteiger partial charge in [-0.25, -0.2) is 0 Å². The van der Waals surface area contributed by atoms with E-state index in [0.29, 0.717) is 23.9 Å². The molecule has 0 aliphatic heterocycles. The van der Waals surface area contributed by atoms with Crippen LogP contribution in [-0.4, -0.2) is 69.4 Å². The zero-order valence-electron chi connectivity index (χ0n) is 48.3. The van der Waals surface area contributed by atoms with Gasteiger partial charge in [0, 0.05) is 12.8 Å². The number of carbonyl (C=O) groups is 2. The molecule has 0 fully saturated rings. The van der Waals surface area contributed by atoms with Crippen LogP contribution >= 0.6 is 7.82 Å². The van der Waals surface area contributed by atoms with Crippen LogP contribution in [-0.2, 0) is 27.9 Å². The highest BCUT2D eigenvalue weighted by molar-refractivity contribution is 7.45. The Morgan fingerprint density at radius 1 is 0.507 bits per heavy atom. The van der Waals surface area contributed by atoms with Gasteiger partial charge >= 0.3 is 5.97 Å². The second-order valence-electron chi connectivity index (χ2n) is 21.5. The molecule has 3 atom stereocenters. The molecule has 0 spiro atoms. The van der Waals surface area contributed by atoms with Crippen LogP contribution in [0.1, 0.15) is 265 Å². The lowest BCUT2D eigenvalue weighted by atomic mass is 10.0. The molecule has 3 unspecified atom stereocenters. The van der Waals surface area contributed by atoms with Crippen LogP contribution in [0.25, 0.3) is 0 Å². The van der Waals surface area contributed by atoms with Gasteiger partial charge in [0.1, 0.15) is 19.3 Å². The van der Waals surface area contributed by atoms with Crippen LogP contribution in [0.2, 0.25) is 0 Å². The first-order valence-electron chi connectivity index (χ1n) is 30.3. The summed E-state index contributed by atoms with van der Waals surface area (Å²) in [5.74, 6) is -0.565. The molecular weight excluding hydrogens is 928 g/mol. The summed E-state index contributed by atoms with van der Waals surface area (Å²) in [7, 11) is 1.17. The highest BCUT2D eigenvalue weighted by Crippen LogP contribution is 2.38. The minimum absolute atomic E-state index is 0.0287. The van der Waals surface area contributed by atoms with E-state index >= 15 is 0 Å². The minimum Gasteiger partial charge on any atom is -0.756 e. The Morgan fingerprint density at radius 3 is 1.44 bits per heavy atom. The van der Waals surface area contributed by atoms with Crippen molar-refractivity contribution in [1.29, 1.82) is 0 Å². The van der Waals surface area contributed by atoms with E-state index in [-0.39, 0.29) is 24.9 Å². The highest BCUT2D eigenvalue weighted by Gasteiger charge is 2.27. The number of allylic oxidation sites excluding steroid dienone is 11. The van der Waals surface area contributed by atoms with E-state index in [2.05, 4.69) is 80.8 Å². The number of likely N-dealkylation sites (N-methyl/N-ethyl adjacent to an activating group) is 1. The minimum atomic E-state index is -4.70. The molecule has 0 aliphatic rings. The van der Waals surface area contributed by atoms with Crippen molar-refractivity contribution in [3.8, 4) is 0 Å². The summed E-state index contributed by atoms with van der Waals surface area (Å²) in [6.45, 7) is 6.66. The first-order valence-corrected chi connectivity index (χ1v) is 31.7. The van der Waals surface area contributed by atoms with Crippen molar-refractivity contribution >= 4 is 19.7 Å². The molecule has 0 bridgehead atoms. The molecular formula is C63H115N2O7P. The van der Waals surface area contributed by atoms with Gasteiger partial charge < -0.3 is 28.5 Å². The predicted molar refractivity (Wildman–Crippen MR) is 312 cm³/mol. The molecule has 0 aromatic carbocycles. The maximum Gasteiger partial charge on any atom is 0.306 e. The number of nitrogens with zero attached hydrogens (tertiary/aromatic N) is 1. The fraction of sp³-hybridized carbons (Fsp3) is 0.778. The Bertz CT molecular complexity index is 1480. The van der Waals surface area contributed by atoms with E-state index < -0.39 is 26.6 Å². The number of amides is 1. The first kappa shape index (κ1) is 70.5. The van der Waals surface area contributed by atoms with Crippen molar-refractivity contribution in [2.45, 2.75) is 277 Å². The van der Waals surface area contributed by atoms with Crippen LogP contribution in [0, 0.1) is 0 Å². The summed E-state index contributed by atoms with van der Waals surface area (Å²) >= 11 is 0. The third-order valence-corrected chi connectivity index (χ3v) is 14.1. The summed E-state index contributed by atoms with van der Waals surface area (Å²) in [6, 6.07) is -0.900. The van der Waals surface area contributed by atoms with Gasteiger partial charge in [0.2, 0.25) is 5.91 Å². The van der Waals surface area contributed by atoms with E-state index in [9.17, 15) is 19.0 Å². The number of ether oxygens (including phenoxy) is 1. The third kappa shape index (κ3) is 54.1. The maximum absolute atomic E-state index is 13.5. The molecule has 1 N–H and O–H groups in total. The number of quaternary nitrogens is 1. The number of phosphoric ester groups is 1. The number of rotatable bonds is 54. The van der Waals surface area contributed by atoms with Crippen LogP contribution in [0.5, 0.6) is 0 Å². The summed E-state index contributed by atoms with van der Waals surface area (Å²) < 4.78 is 30.2. The smallest absolute Gasteiger partial charge is 0.306 e. The fourth-order valence-electron chi connectivity index (χ4n) is 8.49. The number of carbonyl (C=O) groups excluding carboxylic acids is 2. The SMILES string of the molecule is CC/C=C/C=C/C=C\CCCCCCCC(=O)NC(COP(=O)([O-])OCC[N+](C)(C)C)C(/C=C\CCCCCCCCCCC)OC(=O)CCCCCCCCCCCCCCC/C=C\C/C=C\CCCCC. The van der Waals surface area contributed by atoms with Crippen molar-refractivity contribution in [3.63, 3.8) is 0 Å². The first-order chi connectivity index (χ1) is 35.4. The molecule has 424 valence electrons. The number of nitrogens with one attached hydrogen (secondary N) is 1. The average Bonchev–Trinajstić information content (AvgIpc) is 3.35. The van der Waals surface area contributed by atoms with Crippen molar-refractivity contribution in [2.75, 3.05) is 40.9 Å². The standard InChI is InChI=1S/C63H115N2O7P/c1-7-10-13-16-19-22-25-27-28-29-30-31-32-33-34-35-36-38-41-44-47-50-53-56-63(67)72-61(54-51-48-45-42-39-24-21-18-15-12-9-3)60(59-71-73(68,69)70-58-57-65(4,5)6)64-62(66)55-52-49-46-43-40-37-26-23-20-17-14-11-8-2/h11,14,17,19-20,22-23,26-28,51,54,60-61H,7-10,12-13,15-16,18,21,24-25,29-50,52-53,55-59H2,1-6H3,(H-,64,66,68,69)/b14-11+,20-17+,22-19-,26-23-,28-27-,54-51-. The summed E-state index contributed by atoms with van der Waals surface area (Å²) in [6.07, 6.45) is 67.3. The zero-order valence-corrected chi connectivity index (χ0v) is 49.2. The quantitative estimate of drug-likeness (QED) is 0.0161. The van der Waals surface area contributed by atoms with Crippen LogP contribution < -0.4 is 10.2 Å². The number of unbranched alkanes of at least 4 members (excludes halogenated alkanes) is 30. The molecule has 0 radical (unpaired) electrons. The summed E-state index contributed by atoms with van der Waals surface area (Å²) in [4.78, 5) is 39.9. The van der Waals surface area contributed by atoms with Gasteiger partial charge in [0.15, 0.2) is 0 Å². The molecule has 10 heteroatoms. The van der Waals surface area contributed by atoms with Gasteiger partial charge in [-0.3, -0.25) is 14.2 Å².